The molecule has 29 valence electrons. The molecule has 0 heterocycles. The van der Waals surface area contributed by atoms with Crippen molar-refractivity contribution in [3.8, 4) is 0 Å². The quantitative estimate of drug-likeness (QED) is 0.455. The Bertz CT molecular complexity index is 8.00. The summed E-state index contributed by atoms with van der Waals surface area (Å²) in [5.74, 6) is 0. The van der Waals surface area contributed by atoms with Gasteiger partial charge in [0, 0.05) is 55.5 Å². The topological polar surface area (TPSA) is 0 Å². The SMILES string of the molecule is B.[Cr].[Cu].[Mo]. The van der Waals surface area contributed by atoms with E-state index in [9.17, 15) is 0 Å². The molecule has 0 aliphatic carbocycles. The minimum Gasteiger partial charge on any atom is 0 e. The van der Waals surface area contributed by atoms with Crippen LogP contribution in [-0.2, 0) is 55.5 Å². The molecular formula is H3BCrCuMo. The van der Waals surface area contributed by atoms with Crippen molar-refractivity contribution in [2.24, 2.45) is 0 Å². The summed E-state index contributed by atoms with van der Waals surface area (Å²) in [4.78, 5) is 0. The summed E-state index contributed by atoms with van der Waals surface area (Å²) in [5, 5.41) is 0. The van der Waals surface area contributed by atoms with E-state index in [1.165, 1.54) is 0 Å². The van der Waals surface area contributed by atoms with Crippen LogP contribution in [0.25, 0.3) is 0 Å². The molecule has 0 rings (SSSR count). The average Bonchev–Trinajstić information content (AvgIpc) is 0. The van der Waals surface area contributed by atoms with Gasteiger partial charge in [-0.3, -0.25) is 0 Å². The Kier molecular flexibility index (Phi) is 220. The van der Waals surface area contributed by atoms with E-state index >= 15 is 0 Å². The predicted octanol–water partition coefficient (Wildman–Crippen LogP) is -1.19. The van der Waals surface area contributed by atoms with Gasteiger partial charge in [0.15, 0.2) is 0 Å². The van der Waals surface area contributed by atoms with Crippen molar-refractivity contribution < 1.29 is 55.5 Å². The van der Waals surface area contributed by atoms with Crippen molar-refractivity contribution in [1.82, 2.24) is 0 Å². The monoisotopic (exact) mass is 227 g/mol. The summed E-state index contributed by atoms with van der Waals surface area (Å²) in [6, 6.07) is 0. The average molecular weight is 225 g/mol. The molecule has 0 fully saturated rings. The van der Waals surface area contributed by atoms with Crippen LogP contribution >= 0.6 is 0 Å². The molecule has 4 heavy (non-hydrogen) atoms. The van der Waals surface area contributed by atoms with Crippen LogP contribution in [0.1, 0.15) is 0 Å². The minimum atomic E-state index is 0. The predicted molar refractivity (Wildman–Crippen MR) is 9.94 cm³/mol. The summed E-state index contributed by atoms with van der Waals surface area (Å²) >= 11 is 0. The fourth-order valence-electron chi connectivity index (χ4n) is 0. The third kappa shape index (κ3) is 9.19. The Morgan fingerprint density at radius 1 is 1.00 bits per heavy atom. The minimum absolute atomic E-state index is 0. The Hall–Kier alpha value is 1.81. The normalized spacial score (nSPS) is 0. The second-order valence-corrected chi connectivity index (χ2v) is 0. The van der Waals surface area contributed by atoms with Gasteiger partial charge in [-0.2, -0.15) is 0 Å². The molecular weight excluding hydrogens is 222 g/mol. The van der Waals surface area contributed by atoms with Crippen LogP contribution in [0.2, 0.25) is 0 Å². The van der Waals surface area contributed by atoms with Crippen LogP contribution < -0.4 is 0 Å². The van der Waals surface area contributed by atoms with Gasteiger partial charge in [0.2, 0.25) is 0 Å². The maximum Gasteiger partial charge on any atom is 0.0814 e. The van der Waals surface area contributed by atoms with Gasteiger partial charge < -0.3 is 0 Å². The third-order valence-corrected chi connectivity index (χ3v) is 0. The van der Waals surface area contributed by atoms with Crippen molar-refractivity contribution in [2.75, 3.05) is 0 Å². The molecule has 0 nitrogen and oxygen atoms in total. The van der Waals surface area contributed by atoms with Gasteiger partial charge in [0.1, 0.15) is 0 Å². The van der Waals surface area contributed by atoms with Crippen LogP contribution in [0.4, 0.5) is 0 Å². The maximum absolute atomic E-state index is 0. The smallest absolute Gasteiger partial charge is 0 e. The first-order chi connectivity index (χ1) is 0. The van der Waals surface area contributed by atoms with E-state index in [1.807, 2.05) is 0 Å². The van der Waals surface area contributed by atoms with Gasteiger partial charge in [0.05, 0.1) is 8.41 Å². The van der Waals surface area contributed by atoms with Gasteiger partial charge in [-0.05, 0) is 0 Å². The Morgan fingerprint density at radius 2 is 1.00 bits per heavy atom. The number of rotatable bonds is 0. The van der Waals surface area contributed by atoms with Gasteiger partial charge in [-0.15, -0.1) is 0 Å². The Balaban J connectivity index is 0. The molecule has 0 saturated carbocycles. The first-order valence-electron chi connectivity index (χ1n) is 0. The maximum atomic E-state index is 0. The second-order valence-electron chi connectivity index (χ2n) is 0. The number of hydrogen-bond donors (Lipinski definition) is 0. The molecule has 0 aromatic rings. The van der Waals surface area contributed by atoms with Crippen LogP contribution in [-0.4, -0.2) is 8.41 Å². The van der Waals surface area contributed by atoms with Crippen molar-refractivity contribution in [3.05, 3.63) is 0 Å². The van der Waals surface area contributed by atoms with Gasteiger partial charge in [-0.25, -0.2) is 0 Å². The summed E-state index contributed by atoms with van der Waals surface area (Å²) in [6.45, 7) is 0. The van der Waals surface area contributed by atoms with Crippen LogP contribution in [0, 0.1) is 0 Å². The molecule has 0 N–H and O–H groups in total. The zero-order valence-corrected chi connectivity index (χ0v) is 5.34. The van der Waals surface area contributed by atoms with E-state index in [2.05, 4.69) is 0 Å². The van der Waals surface area contributed by atoms with E-state index < -0.39 is 0 Å². The van der Waals surface area contributed by atoms with Crippen molar-refractivity contribution in [2.45, 2.75) is 0 Å². The summed E-state index contributed by atoms with van der Waals surface area (Å²) in [6.07, 6.45) is 0. The molecule has 0 saturated heterocycles. The fraction of sp³-hybridized carbons (Fsp3) is 0. The molecule has 0 atom stereocenters. The summed E-state index contributed by atoms with van der Waals surface area (Å²) < 4.78 is 0. The molecule has 0 aliphatic heterocycles. The molecule has 4 heteroatoms. The van der Waals surface area contributed by atoms with Crippen LogP contribution in [0.3, 0.4) is 0 Å². The first-order valence-corrected chi connectivity index (χ1v) is 0. The van der Waals surface area contributed by atoms with E-state index in [-0.39, 0.29) is 63.9 Å². The molecule has 0 aromatic heterocycles. The fourth-order valence-corrected chi connectivity index (χ4v) is 0. The molecule has 0 bridgehead atoms. The van der Waals surface area contributed by atoms with Gasteiger partial charge >= 0.3 is 0 Å². The second kappa shape index (κ2) is 21.4. The Labute approximate surface area is 63.5 Å². The van der Waals surface area contributed by atoms with E-state index in [0.29, 0.717) is 0 Å². The molecule has 1 radical (unpaired) electrons. The molecule has 0 unspecified atom stereocenters. The van der Waals surface area contributed by atoms with Crippen molar-refractivity contribution in [3.63, 3.8) is 0 Å². The third-order valence-electron chi connectivity index (χ3n) is 0. The summed E-state index contributed by atoms with van der Waals surface area (Å²) in [5.41, 5.74) is 0. The van der Waals surface area contributed by atoms with E-state index in [1.54, 1.807) is 0 Å². The standard InChI is InChI=1S/BH3.Cr.Cu.Mo/h1H3;;;. The zero-order chi connectivity index (χ0) is 0. The van der Waals surface area contributed by atoms with Crippen LogP contribution in [0.5, 0.6) is 0 Å². The molecule has 0 spiro atoms. The number of hydrogen-bond acceptors (Lipinski definition) is 0. The van der Waals surface area contributed by atoms with Crippen LogP contribution in [0.15, 0.2) is 0 Å². The zero-order valence-electron chi connectivity index (χ0n) is 1.12. The molecule has 0 aromatic carbocycles. The molecule has 0 aliphatic rings. The van der Waals surface area contributed by atoms with Crippen molar-refractivity contribution >= 4 is 8.41 Å². The van der Waals surface area contributed by atoms with Gasteiger partial charge in [-0.1, -0.05) is 0 Å². The largest absolute Gasteiger partial charge is 0.0814 e. The molecule has 0 amide bonds. The van der Waals surface area contributed by atoms with Crippen molar-refractivity contribution in [1.29, 1.82) is 0 Å². The Morgan fingerprint density at radius 3 is 1.00 bits per heavy atom. The summed E-state index contributed by atoms with van der Waals surface area (Å²) in [7, 11) is 0. The van der Waals surface area contributed by atoms with E-state index in [4.69, 9.17) is 0 Å². The van der Waals surface area contributed by atoms with Gasteiger partial charge in [0.25, 0.3) is 0 Å². The van der Waals surface area contributed by atoms with E-state index in [0.717, 1.165) is 0 Å². The first kappa shape index (κ1) is 41.1.